The van der Waals surface area contributed by atoms with Crippen LogP contribution in [-0.4, -0.2) is 53.8 Å². The van der Waals surface area contributed by atoms with E-state index in [-0.39, 0.29) is 11.6 Å². The number of rotatable bonds is 9. The molecule has 0 bridgehead atoms. The van der Waals surface area contributed by atoms with Gasteiger partial charge in [0.25, 0.3) is 0 Å². The summed E-state index contributed by atoms with van der Waals surface area (Å²) in [5.74, 6) is 2.49. The highest BCUT2D eigenvalue weighted by atomic mass is 16.5. The van der Waals surface area contributed by atoms with E-state index in [0.29, 0.717) is 47.9 Å². The van der Waals surface area contributed by atoms with Gasteiger partial charge in [0.05, 0.1) is 25.2 Å². The highest BCUT2D eigenvalue weighted by Crippen LogP contribution is 2.29. The van der Waals surface area contributed by atoms with Crippen molar-refractivity contribution < 1.29 is 14.3 Å². The minimum Gasteiger partial charge on any atom is -0.491 e. The van der Waals surface area contributed by atoms with E-state index in [0.717, 1.165) is 58.4 Å². The van der Waals surface area contributed by atoms with Crippen LogP contribution in [0.1, 0.15) is 44.2 Å². The Bertz CT molecular complexity index is 981. The molecule has 10 nitrogen and oxygen atoms in total. The molecule has 34 heavy (non-hydrogen) atoms. The number of ether oxygens (including phenoxy) is 2. The van der Waals surface area contributed by atoms with Crippen LogP contribution in [0.15, 0.2) is 24.7 Å². The molecule has 0 atom stereocenters. The molecule has 3 N–H and O–H groups in total. The van der Waals surface area contributed by atoms with Gasteiger partial charge in [-0.15, -0.1) is 0 Å². The summed E-state index contributed by atoms with van der Waals surface area (Å²) < 4.78 is 11.6. The minimum atomic E-state index is -0.0325. The number of anilines is 3. The van der Waals surface area contributed by atoms with Crippen molar-refractivity contribution in [1.29, 1.82) is 5.26 Å². The number of pyridine rings is 1. The Hall–Kier alpha value is -3.29. The molecule has 2 aliphatic rings. The van der Waals surface area contributed by atoms with Crippen molar-refractivity contribution in [2.24, 2.45) is 11.8 Å². The molecule has 2 saturated heterocycles. The van der Waals surface area contributed by atoms with E-state index >= 15 is 0 Å². The first-order chi connectivity index (χ1) is 16.7. The Morgan fingerprint density at radius 1 is 1.09 bits per heavy atom. The molecule has 2 aromatic heterocycles. The topological polar surface area (TPSA) is 134 Å². The van der Waals surface area contributed by atoms with E-state index in [1.54, 1.807) is 12.3 Å². The van der Waals surface area contributed by atoms with Gasteiger partial charge in [0.1, 0.15) is 29.1 Å². The second-order valence-electron chi connectivity index (χ2n) is 8.74. The third-order valence-electron chi connectivity index (χ3n) is 6.22. The number of nitrogens with zero attached hydrogens (tertiary/aromatic N) is 4. The smallest absolute Gasteiger partial charge is 0.224 e. The number of piperidine rings is 1. The van der Waals surface area contributed by atoms with Crippen molar-refractivity contribution in [1.82, 2.24) is 20.3 Å². The number of aromatic nitrogens is 3. The van der Waals surface area contributed by atoms with Gasteiger partial charge in [-0.2, -0.15) is 5.26 Å². The molecule has 180 valence electrons. The number of amides is 1. The Labute approximate surface area is 199 Å². The molecule has 4 rings (SSSR count). The molecule has 2 aromatic rings. The summed E-state index contributed by atoms with van der Waals surface area (Å²) in [6.07, 6.45) is 9.97. The molecular weight excluding hydrogens is 434 g/mol. The quantitative estimate of drug-likeness (QED) is 0.511. The van der Waals surface area contributed by atoms with E-state index in [1.165, 1.54) is 12.4 Å². The first-order valence-corrected chi connectivity index (χ1v) is 11.9. The summed E-state index contributed by atoms with van der Waals surface area (Å²) in [5.41, 5.74) is 0.792. The minimum absolute atomic E-state index is 0.0325. The molecule has 0 aromatic carbocycles. The van der Waals surface area contributed by atoms with Gasteiger partial charge in [0.2, 0.25) is 5.91 Å². The Balaban J connectivity index is 1.42. The lowest BCUT2D eigenvalue weighted by molar-refractivity contribution is -0.116. The normalized spacial score (nSPS) is 17.0. The molecule has 0 radical (unpaired) electrons. The molecule has 1 amide bonds. The van der Waals surface area contributed by atoms with Crippen LogP contribution in [0.25, 0.3) is 0 Å². The lowest BCUT2D eigenvalue weighted by Crippen LogP contribution is -2.28. The fraction of sp³-hybridized carbons (Fsp3) is 0.542. The number of hydrogen-bond acceptors (Lipinski definition) is 9. The molecule has 4 heterocycles. The summed E-state index contributed by atoms with van der Waals surface area (Å²) in [4.78, 5) is 25.3. The second-order valence-corrected chi connectivity index (χ2v) is 8.74. The average Bonchev–Trinajstić information content (AvgIpc) is 2.89. The van der Waals surface area contributed by atoms with E-state index in [9.17, 15) is 4.79 Å². The lowest BCUT2D eigenvalue weighted by Gasteiger charge is -2.23. The number of nitrogens with one attached hydrogen (secondary N) is 3. The van der Waals surface area contributed by atoms with Gasteiger partial charge < -0.3 is 25.4 Å². The van der Waals surface area contributed by atoms with Crippen molar-refractivity contribution in [2.75, 3.05) is 43.5 Å². The molecular formula is C24H31N7O3. The molecule has 0 spiro atoms. The maximum atomic E-state index is 12.7. The fourth-order valence-electron chi connectivity index (χ4n) is 4.14. The fourth-order valence-corrected chi connectivity index (χ4v) is 4.14. The molecule has 2 fully saturated rings. The van der Waals surface area contributed by atoms with E-state index in [1.807, 2.05) is 6.07 Å². The van der Waals surface area contributed by atoms with Crippen molar-refractivity contribution in [3.05, 3.63) is 30.4 Å². The van der Waals surface area contributed by atoms with Crippen LogP contribution in [0.5, 0.6) is 5.75 Å². The van der Waals surface area contributed by atoms with Crippen molar-refractivity contribution in [2.45, 2.75) is 38.5 Å². The average molecular weight is 466 g/mol. The first-order valence-electron chi connectivity index (χ1n) is 11.9. The van der Waals surface area contributed by atoms with E-state index in [2.05, 4.69) is 30.9 Å². The maximum Gasteiger partial charge on any atom is 0.224 e. The van der Waals surface area contributed by atoms with Crippen LogP contribution in [-0.2, 0) is 9.53 Å². The summed E-state index contributed by atoms with van der Waals surface area (Å²) >= 11 is 0. The highest BCUT2D eigenvalue weighted by molar-refractivity contribution is 5.92. The molecule has 10 heteroatoms. The van der Waals surface area contributed by atoms with Crippen LogP contribution in [0.4, 0.5) is 17.3 Å². The van der Waals surface area contributed by atoms with Gasteiger partial charge in [0.15, 0.2) is 5.69 Å². The number of hydrogen-bond donors (Lipinski definition) is 3. The number of carbonyl (C=O) groups excluding carboxylic acids is 1. The third kappa shape index (κ3) is 7.10. The zero-order chi connectivity index (χ0) is 23.6. The molecule has 0 aliphatic carbocycles. The van der Waals surface area contributed by atoms with Crippen LogP contribution in [0.3, 0.4) is 0 Å². The van der Waals surface area contributed by atoms with Crippen LogP contribution >= 0.6 is 0 Å². The summed E-state index contributed by atoms with van der Waals surface area (Å²) in [6.45, 7) is 4.09. The van der Waals surface area contributed by atoms with Crippen molar-refractivity contribution in [3.63, 3.8) is 0 Å². The molecule has 0 saturated carbocycles. The maximum absolute atomic E-state index is 12.7. The standard InChI is InChI=1S/C24H31N7O3/c25-12-19-13-28-23(15-27-19)31-22-11-21(34-16-18-5-9-33-10-6-18)20(14-29-22)30-24(32)2-1-17-3-7-26-8-4-17/h11,13-15,17-18,26H,1-10,16H2,(H,30,32)(H,28,29,31). The van der Waals surface area contributed by atoms with Crippen molar-refractivity contribution in [3.8, 4) is 11.8 Å². The van der Waals surface area contributed by atoms with Gasteiger partial charge in [-0.25, -0.2) is 15.0 Å². The van der Waals surface area contributed by atoms with Crippen molar-refractivity contribution >= 4 is 23.2 Å². The van der Waals surface area contributed by atoms with Gasteiger partial charge >= 0.3 is 0 Å². The Kier molecular flexibility index (Phi) is 8.60. The third-order valence-corrected chi connectivity index (χ3v) is 6.22. The largest absolute Gasteiger partial charge is 0.491 e. The SMILES string of the molecule is N#Cc1cnc(Nc2cc(OCC3CCOCC3)c(NC(=O)CCC3CCNCC3)cn2)cn1. The van der Waals surface area contributed by atoms with Gasteiger partial charge in [-0.1, -0.05) is 0 Å². The zero-order valence-corrected chi connectivity index (χ0v) is 19.3. The van der Waals surface area contributed by atoms with Crippen LogP contribution < -0.4 is 20.7 Å². The summed E-state index contributed by atoms with van der Waals surface area (Å²) in [7, 11) is 0. The van der Waals surface area contributed by atoms with E-state index < -0.39 is 0 Å². The summed E-state index contributed by atoms with van der Waals surface area (Å²) in [5, 5.41) is 18.3. The number of carbonyl (C=O) groups is 1. The Morgan fingerprint density at radius 3 is 2.62 bits per heavy atom. The first kappa shape index (κ1) is 23.9. The number of nitriles is 1. The van der Waals surface area contributed by atoms with Crippen LogP contribution in [0.2, 0.25) is 0 Å². The second kappa shape index (κ2) is 12.3. The summed E-state index contributed by atoms with van der Waals surface area (Å²) in [6, 6.07) is 3.69. The monoisotopic (exact) mass is 465 g/mol. The molecule has 0 unspecified atom stereocenters. The van der Waals surface area contributed by atoms with Gasteiger partial charge in [-0.05, 0) is 57.0 Å². The Morgan fingerprint density at radius 2 is 1.88 bits per heavy atom. The zero-order valence-electron chi connectivity index (χ0n) is 19.3. The molecule has 2 aliphatic heterocycles. The van der Waals surface area contributed by atoms with Gasteiger partial charge in [0, 0.05) is 25.7 Å². The van der Waals surface area contributed by atoms with Crippen LogP contribution in [0, 0.1) is 23.2 Å². The predicted molar refractivity (Wildman–Crippen MR) is 127 cm³/mol. The van der Waals surface area contributed by atoms with Gasteiger partial charge in [-0.3, -0.25) is 4.79 Å². The lowest BCUT2D eigenvalue weighted by atomic mass is 9.93. The predicted octanol–water partition coefficient (Wildman–Crippen LogP) is 3.01. The highest BCUT2D eigenvalue weighted by Gasteiger charge is 2.18. The van der Waals surface area contributed by atoms with E-state index in [4.69, 9.17) is 14.7 Å².